The Morgan fingerprint density at radius 1 is 1.03 bits per heavy atom. The summed E-state index contributed by atoms with van der Waals surface area (Å²) < 4.78 is 28.0. The van der Waals surface area contributed by atoms with Crippen LogP contribution in [0.15, 0.2) is 58.1 Å². The van der Waals surface area contributed by atoms with Crippen molar-refractivity contribution in [1.82, 2.24) is 14.5 Å². The van der Waals surface area contributed by atoms with Crippen LogP contribution in [0.2, 0.25) is 0 Å². The van der Waals surface area contributed by atoms with E-state index in [2.05, 4.69) is 10.0 Å². The average molecular weight is 445 g/mol. The molecule has 2 N–H and O–H groups in total. The number of carbonyl (C=O) groups excluding carboxylic acids is 1. The molecule has 3 aromatic rings. The minimum atomic E-state index is -3.49. The van der Waals surface area contributed by atoms with Gasteiger partial charge >= 0.3 is 5.69 Å². The summed E-state index contributed by atoms with van der Waals surface area (Å²) in [7, 11) is -3.49. The van der Waals surface area contributed by atoms with E-state index < -0.39 is 33.2 Å². The van der Waals surface area contributed by atoms with Crippen molar-refractivity contribution in [3.8, 4) is 0 Å². The average Bonchev–Trinajstić information content (AvgIpc) is 2.70. The Balaban J connectivity index is 1.92. The normalized spacial score (nSPS) is 12.5. The van der Waals surface area contributed by atoms with E-state index in [1.165, 1.54) is 4.57 Å². The fourth-order valence-corrected chi connectivity index (χ4v) is 4.06. The van der Waals surface area contributed by atoms with Crippen molar-refractivity contribution in [2.45, 2.75) is 33.0 Å². The van der Waals surface area contributed by atoms with Gasteiger partial charge in [0.05, 0.1) is 28.9 Å². The number of sulfonamides is 1. The lowest BCUT2D eigenvalue weighted by Crippen LogP contribution is -2.42. The smallest absolute Gasteiger partial charge is 0.331 e. The molecule has 164 valence electrons. The van der Waals surface area contributed by atoms with Gasteiger partial charge in [-0.15, -0.1) is 0 Å². The molecule has 0 radical (unpaired) electrons. The summed E-state index contributed by atoms with van der Waals surface area (Å²) in [5, 5.41) is 3.15. The summed E-state index contributed by atoms with van der Waals surface area (Å²) in [5.41, 5.74) is 0.364. The zero-order chi connectivity index (χ0) is 22.8. The van der Waals surface area contributed by atoms with Crippen molar-refractivity contribution in [3.63, 3.8) is 0 Å². The Kier molecular flexibility index (Phi) is 6.30. The Hall–Kier alpha value is -3.40. The third-order valence-electron chi connectivity index (χ3n) is 4.85. The Labute approximate surface area is 179 Å². The van der Waals surface area contributed by atoms with E-state index in [0.717, 1.165) is 10.8 Å². The quantitative estimate of drug-likeness (QED) is 0.571. The van der Waals surface area contributed by atoms with Gasteiger partial charge in [-0.25, -0.2) is 13.2 Å². The predicted molar refractivity (Wildman–Crippen MR) is 120 cm³/mol. The number of hydrogen-bond donors (Lipinski definition) is 2. The number of rotatable bonds is 7. The van der Waals surface area contributed by atoms with Gasteiger partial charge in [-0.2, -0.15) is 0 Å². The molecular formula is C21H24N4O5S. The lowest BCUT2D eigenvalue weighted by Gasteiger charge is -2.19. The van der Waals surface area contributed by atoms with E-state index in [9.17, 15) is 22.8 Å². The highest BCUT2D eigenvalue weighted by molar-refractivity contribution is 7.92. The molecule has 9 nitrogen and oxygen atoms in total. The minimum Gasteiger partial charge on any atom is -0.348 e. The molecule has 0 bridgehead atoms. The summed E-state index contributed by atoms with van der Waals surface area (Å²) in [6.07, 6.45) is 1.05. The van der Waals surface area contributed by atoms with Crippen LogP contribution in [-0.2, 0) is 27.9 Å². The zero-order valence-corrected chi connectivity index (χ0v) is 18.3. The molecule has 1 aromatic heterocycles. The lowest BCUT2D eigenvalue weighted by atomic mass is 10.1. The highest BCUT2D eigenvalue weighted by atomic mass is 32.2. The number of nitrogens with one attached hydrogen (secondary N) is 2. The summed E-state index contributed by atoms with van der Waals surface area (Å²) >= 11 is 0. The van der Waals surface area contributed by atoms with Crippen LogP contribution >= 0.6 is 0 Å². The number of aromatic nitrogens is 2. The highest BCUT2D eigenvalue weighted by Crippen LogP contribution is 2.23. The van der Waals surface area contributed by atoms with Crippen LogP contribution in [0.5, 0.6) is 0 Å². The number of fused-ring (bicyclic) bond motifs is 1. The number of hydrogen-bond acceptors (Lipinski definition) is 5. The van der Waals surface area contributed by atoms with Gasteiger partial charge in [0.1, 0.15) is 6.54 Å². The van der Waals surface area contributed by atoms with E-state index in [0.29, 0.717) is 22.2 Å². The van der Waals surface area contributed by atoms with Crippen molar-refractivity contribution >= 4 is 32.5 Å². The fraction of sp³-hybridized carbons (Fsp3) is 0.286. The minimum absolute atomic E-state index is 0.186. The Morgan fingerprint density at radius 3 is 2.35 bits per heavy atom. The zero-order valence-electron chi connectivity index (χ0n) is 17.5. The second-order valence-corrected chi connectivity index (χ2v) is 8.93. The van der Waals surface area contributed by atoms with Crippen LogP contribution < -0.4 is 21.3 Å². The first-order valence-electron chi connectivity index (χ1n) is 9.71. The number of anilines is 1. The number of amides is 1. The van der Waals surface area contributed by atoms with Crippen LogP contribution in [0.1, 0.15) is 25.5 Å². The van der Waals surface area contributed by atoms with E-state index in [1.807, 2.05) is 0 Å². The van der Waals surface area contributed by atoms with Crippen LogP contribution in [0.4, 0.5) is 5.69 Å². The SMILES string of the molecule is CCn1c(=O)c2ccccc2n(CC(=O)NC(C)c2ccccc2NS(C)(=O)=O)c1=O. The van der Waals surface area contributed by atoms with Crippen LogP contribution in [0, 0.1) is 0 Å². The maximum absolute atomic E-state index is 12.8. The monoisotopic (exact) mass is 444 g/mol. The topological polar surface area (TPSA) is 119 Å². The third kappa shape index (κ3) is 4.85. The number of para-hydroxylation sites is 2. The highest BCUT2D eigenvalue weighted by Gasteiger charge is 2.18. The van der Waals surface area contributed by atoms with Crippen molar-refractivity contribution in [2.24, 2.45) is 0 Å². The molecule has 0 saturated heterocycles. The molecule has 0 fully saturated rings. The molecule has 0 spiro atoms. The fourth-order valence-electron chi connectivity index (χ4n) is 3.48. The second-order valence-electron chi connectivity index (χ2n) is 7.19. The molecule has 1 heterocycles. The van der Waals surface area contributed by atoms with Crippen molar-refractivity contribution in [3.05, 3.63) is 74.9 Å². The summed E-state index contributed by atoms with van der Waals surface area (Å²) in [6, 6.07) is 12.8. The molecule has 1 unspecified atom stereocenters. The Morgan fingerprint density at radius 2 is 1.68 bits per heavy atom. The van der Waals surface area contributed by atoms with Gasteiger partial charge in [-0.1, -0.05) is 30.3 Å². The van der Waals surface area contributed by atoms with Crippen molar-refractivity contribution in [1.29, 1.82) is 0 Å². The molecule has 0 aliphatic carbocycles. The van der Waals surface area contributed by atoms with E-state index in [4.69, 9.17) is 0 Å². The molecule has 0 aliphatic rings. The summed E-state index contributed by atoms with van der Waals surface area (Å²) in [4.78, 5) is 38.1. The first kappa shape index (κ1) is 22.3. The molecule has 2 aromatic carbocycles. The number of benzene rings is 2. The number of nitrogens with zero attached hydrogens (tertiary/aromatic N) is 2. The van der Waals surface area contributed by atoms with Gasteiger partial charge in [0.2, 0.25) is 15.9 Å². The molecule has 0 saturated carbocycles. The van der Waals surface area contributed by atoms with Gasteiger partial charge in [-0.3, -0.25) is 23.4 Å². The van der Waals surface area contributed by atoms with Crippen LogP contribution in [-0.4, -0.2) is 29.7 Å². The Bertz CT molecular complexity index is 1360. The van der Waals surface area contributed by atoms with E-state index in [1.54, 1.807) is 62.4 Å². The summed E-state index contributed by atoms with van der Waals surface area (Å²) in [6.45, 7) is 3.31. The predicted octanol–water partition coefficient (Wildman–Crippen LogP) is 1.43. The lowest BCUT2D eigenvalue weighted by molar-refractivity contribution is -0.122. The van der Waals surface area contributed by atoms with E-state index >= 15 is 0 Å². The second kappa shape index (κ2) is 8.76. The summed E-state index contributed by atoms with van der Waals surface area (Å²) in [5.74, 6) is -0.449. The van der Waals surface area contributed by atoms with Gasteiger partial charge in [0.25, 0.3) is 5.56 Å². The van der Waals surface area contributed by atoms with Gasteiger partial charge in [0, 0.05) is 6.54 Å². The standard InChI is InChI=1S/C21H24N4O5S/c1-4-24-20(27)16-10-6-8-12-18(16)25(21(24)28)13-19(26)22-14(2)15-9-5-7-11-17(15)23-31(3,29)30/h5-12,14,23H,4,13H2,1-3H3,(H,22,26). The largest absolute Gasteiger partial charge is 0.348 e. The van der Waals surface area contributed by atoms with Crippen molar-refractivity contribution < 1.29 is 13.2 Å². The molecule has 10 heteroatoms. The molecule has 0 aliphatic heterocycles. The molecule has 31 heavy (non-hydrogen) atoms. The molecular weight excluding hydrogens is 420 g/mol. The van der Waals surface area contributed by atoms with Crippen LogP contribution in [0.25, 0.3) is 10.9 Å². The maximum atomic E-state index is 12.8. The molecule has 3 rings (SSSR count). The van der Waals surface area contributed by atoms with Crippen LogP contribution in [0.3, 0.4) is 0 Å². The molecule has 1 atom stereocenters. The number of carbonyl (C=O) groups is 1. The molecule has 1 amide bonds. The maximum Gasteiger partial charge on any atom is 0.331 e. The van der Waals surface area contributed by atoms with Gasteiger partial charge < -0.3 is 5.32 Å². The van der Waals surface area contributed by atoms with Gasteiger partial charge in [-0.05, 0) is 37.6 Å². The van der Waals surface area contributed by atoms with Gasteiger partial charge in [0.15, 0.2) is 0 Å². The first-order valence-corrected chi connectivity index (χ1v) is 11.6. The third-order valence-corrected chi connectivity index (χ3v) is 5.44. The van der Waals surface area contributed by atoms with Crippen molar-refractivity contribution in [2.75, 3.05) is 11.0 Å². The van der Waals surface area contributed by atoms with E-state index in [-0.39, 0.29) is 13.1 Å². The first-order chi connectivity index (χ1) is 14.6.